The molecule has 0 amide bonds. The number of aliphatic hydroxyl groups is 1. The van der Waals surface area contributed by atoms with Gasteiger partial charge in [-0.05, 0) is 23.0 Å². The third-order valence-electron chi connectivity index (χ3n) is 4.51. The van der Waals surface area contributed by atoms with Crippen molar-refractivity contribution >= 4 is 28.6 Å². The second-order valence-corrected chi connectivity index (χ2v) is 27.2. The van der Waals surface area contributed by atoms with Crippen molar-refractivity contribution in [2.45, 2.75) is 58.4 Å². The van der Waals surface area contributed by atoms with E-state index >= 15 is 0 Å². The van der Waals surface area contributed by atoms with Crippen molar-refractivity contribution < 1.29 is 35.5 Å². The van der Waals surface area contributed by atoms with Crippen LogP contribution in [-0.2, 0) is 0 Å². The molecule has 1 aliphatic rings. The summed E-state index contributed by atoms with van der Waals surface area (Å²) < 4.78 is 0. The first kappa shape index (κ1) is 24.0. The molecular formula is C18H25I2NO3Sm. The van der Waals surface area contributed by atoms with E-state index in [1.165, 1.54) is 0 Å². The molecule has 0 bridgehead atoms. The Balaban J connectivity index is 0.000000970. The van der Waals surface area contributed by atoms with Crippen LogP contribution in [0.4, 0.5) is 0 Å². The molecule has 1 unspecified atom stereocenters. The maximum atomic E-state index is 11.3. The maximum absolute atomic E-state index is 11.3. The van der Waals surface area contributed by atoms with Gasteiger partial charge in [0.1, 0.15) is 0 Å². The van der Waals surface area contributed by atoms with Crippen LogP contribution in [0.1, 0.15) is 58.4 Å². The van der Waals surface area contributed by atoms with Gasteiger partial charge in [-0.25, -0.2) is 0 Å². The molecule has 0 aliphatic heterocycles. The minimum absolute atomic E-state index is 0.00709. The Labute approximate surface area is 182 Å². The predicted molar refractivity (Wildman–Crippen MR) is 116 cm³/mol. The first-order valence-electron chi connectivity index (χ1n) is 8.04. The fourth-order valence-electron chi connectivity index (χ4n) is 3.28. The number of hydrogen-bond donors (Lipinski definition) is 1. The van der Waals surface area contributed by atoms with Gasteiger partial charge in [-0.1, -0.05) is 44.2 Å². The van der Waals surface area contributed by atoms with E-state index in [4.69, 9.17) is 0 Å². The summed E-state index contributed by atoms with van der Waals surface area (Å²) in [5, 5.41) is 21.8. The van der Waals surface area contributed by atoms with Crippen molar-refractivity contribution in [2.75, 3.05) is 0 Å². The van der Waals surface area contributed by atoms with E-state index in [1.54, 1.807) is 13.8 Å². The molecule has 0 aromatic heterocycles. The summed E-state index contributed by atoms with van der Waals surface area (Å²) in [4.78, 5) is 11.0. The number of allylic oxidation sites excluding steroid dienone is 1. The first-order chi connectivity index (χ1) is 11.5. The molecule has 25 heavy (non-hydrogen) atoms. The zero-order valence-corrected chi connectivity index (χ0v) is 21.9. The van der Waals surface area contributed by atoms with Crippen LogP contribution >= 0.6 is 28.6 Å². The number of halogens is 2. The molecule has 0 saturated heterocycles. The number of nitrogens with zero attached hydrogens (tertiary/aromatic N) is 1. The van der Waals surface area contributed by atoms with Crippen molar-refractivity contribution in [3.05, 3.63) is 57.3 Å². The summed E-state index contributed by atoms with van der Waals surface area (Å²) in [6, 6.07) is 9.99. The quantitative estimate of drug-likeness (QED) is 0.218. The predicted octanol–water partition coefficient (Wildman–Crippen LogP) is 6.62. The van der Waals surface area contributed by atoms with Crippen molar-refractivity contribution in [2.24, 2.45) is 5.41 Å². The van der Waals surface area contributed by atoms with E-state index in [2.05, 4.69) is 42.4 Å². The molecule has 7 heteroatoms. The molecular weight excluding hydrogens is 682 g/mol. The molecule has 140 valence electrons. The van der Waals surface area contributed by atoms with Crippen molar-refractivity contribution in [3.63, 3.8) is 0 Å². The molecule has 0 radical (unpaired) electrons. The topological polar surface area (TPSA) is 63.4 Å². The van der Waals surface area contributed by atoms with E-state index in [0.717, 1.165) is 17.6 Å². The van der Waals surface area contributed by atoms with Gasteiger partial charge in [-0.3, -0.25) is 10.1 Å². The third kappa shape index (κ3) is 7.47. The van der Waals surface area contributed by atoms with E-state index in [9.17, 15) is 15.2 Å². The Bertz CT molecular complexity index is 618. The van der Waals surface area contributed by atoms with Crippen molar-refractivity contribution in [3.8, 4) is 0 Å². The van der Waals surface area contributed by atoms with E-state index in [1.807, 2.05) is 30.3 Å². The second-order valence-electron chi connectivity index (χ2n) is 7.78. The molecule has 2 rings (SSSR count). The second kappa shape index (κ2) is 10.5. The number of rotatable bonds is 4. The van der Waals surface area contributed by atoms with Crippen LogP contribution < -0.4 is 0 Å². The first-order valence-corrected chi connectivity index (χ1v) is 23.1. The van der Waals surface area contributed by atoms with Crippen LogP contribution in [0.15, 0.2) is 41.7 Å². The minimum atomic E-state index is -1.07. The van der Waals surface area contributed by atoms with Gasteiger partial charge in [0.15, 0.2) is 0 Å². The average molecular weight is 708 g/mol. The Hall–Kier alpha value is 0.958. The van der Waals surface area contributed by atoms with Gasteiger partial charge in [0.25, 0.3) is 0 Å². The van der Waals surface area contributed by atoms with E-state index in [-0.39, 0.29) is 48.1 Å². The summed E-state index contributed by atoms with van der Waals surface area (Å²) in [5.74, 6) is 0.379. The van der Waals surface area contributed by atoms with E-state index < -0.39 is 5.54 Å². The SMILES string of the molecule is CC1(C)CC(O)=C(CC(C)(C)[N+](=O)[O-])C(c2ccccc2)C1.[I][Sm][I]. The number of benzene rings is 1. The van der Waals surface area contributed by atoms with Crippen molar-refractivity contribution in [1.29, 1.82) is 0 Å². The van der Waals surface area contributed by atoms with Crippen LogP contribution in [0.2, 0.25) is 0 Å². The summed E-state index contributed by atoms with van der Waals surface area (Å²) in [7, 11) is 0. The molecule has 0 saturated carbocycles. The van der Waals surface area contributed by atoms with Crippen LogP contribution in [0.25, 0.3) is 0 Å². The van der Waals surface area contributed by atoms with Gasteiger partial charge in [0.05, 0.1) is 5.76 Å². The molecule has 0 heterocycles. The molecule has 0 spiro atoms. The summed E-state index contributed by atoms with van der Waals surface area (Å²) in [6.07, 6.45) is 1.76. The monoisotopic (exact) mass is 709 g/mol. The molecule has 4 nitrogen and oxygen atoms in total. The molecule has 0 fully saturated rings. The third-order valence-corrected chi connectivity index (χ3v) is 4.51. The zero-order chi connectivity index (χ0) is 19.3. The summed E-state index contributed by atoms with van der Waals surface area (Å²) in [6.45, 7) is 7.51. The van der Waals surface area contributed by atoms with Gasteiger partial charge >= 0.3 is 54.0 Å². The molecule has 1 N–H and O–H groups in total. The Kier molecular flexibility index (Phi) is 10.1. The van der Waals surface area contributed by atoms with Crippen LogP contribution in [0.5, 0.6) is 0 Å². The van der Waals surface area contributed by atoms with Gasteiger partial charge in [-0.2, -0.15) is 0 Å². The standard InChI is InChI=1S/C18H25NO3.2HI.Sm/c1-17(2)10-14(13-8-6-5-7-9-13)15(16(20)12-17)11-18(3,4)19(21)22;;;/h5-9,14,20H,10-12H2,1-4H3;2*1H;/q;;;+2/p-2. The number of nitro groups is 1. The molecule has 1 aromatic carbocycles. The van der Waals surface area contributed by atoms with Gasteiger partial charge in [0, 0.05) is 37.5 Å². The normalized spacial score (nSPS) is 19.8. The van der Waals surface area contributed by atoms with Crippen LogP contribution in [0.3, 0.4) is 0 Å². The molecule has 1 atom stereocenters. The fraction of sp³-hybridized carbons (Fsp3) is 0.556. The average Bonchev–Trinajstić information content (AvgIpc) is 2.50. The van der Waals surface area contributed by atoms with E-state index in [0.29, 0.717) is 12.2 Å². The fourth-order valence-corrected chi connectivity index (χ4v) is 3.28. The van der Waals surface area contributed by atoms with Gasteiger partial charge in [-0.15, -0.1) is 0 Å². The van der Waals surface area contributed by atoms with Crippen LogP contribution in [0, 0.1) is 41.0 Å². The molecule has 1 aromatic rings. The van der Waals surface area contributed by atoms with Crippen molar-refractivity contribution in [1.82, 2.24) is 0 Å². The number of aliphatic hydroxyl groups excluding tert-OH is 1. The number of hydrogen-bond acceptors (Lipinski definition) is 3. The van der Waals surface area contributed by atoms with Gasteiger partial charge in [0.2, 0.25) is 5.54 Å². The van der Waals surface area contributed by atoms with Crippen LogP contribution in [-0.4, -0.2) is 15.6 Å². The molecule has 1 aliphatic carbocycles. The Morgan fingerprint density at radius 1 is 1.32 bits per heavy atom. The summed E-state index contributed by atoms with van der Waals surface area (Å²) >= 11 is 5.07. The Morgan fingerprint density at radius 2 is 1.84 bits per heavy atom. The zero-order valence-electron chi connectivity index (χ0n) is 15.0. The van der Waals surface area contributed by atoms with Gasteiger partial charge < -0.3 is 5.11 Å². The Morgan fingerprint density at radius 3 is 2.32 bits per heavy atom. The summed E-state index contributed by atoms with van der Waals surface area (Å²) in [5.41, 5.74) is 0.869.